The number of carbonyl (C=O) groups excluding carboxylic acids is 1. The number of aliphatic hydroxyl groups is 1. The van der Waals surface area contributed by atoms with Crippen LogP contribution < -0.4 is 5.32 Å². The molecule has 1 fully saturated rings. The molecule has 0 unspecified atom stereocenters. The molecule has 98 valence electrons. The predicted octanol–water partition coefficient (Wildman–Crippen LogP) is -0.576. The zero-order chi connectivity index (χ0) is 12.7. The minimum atomic E-state index is -1.39. The lowest BCUT2D eigenvalue weighted by atomic mass is 10.2. The van der Waals surface area contributed by atoms with E-state index in [4.69, 9.17) is 10.2 Å². The van der Waals surface area contributed by atoms with Gasteiger partial charge in [-0.05, 0) is 25.9 Å². The van der Waals surface area contributed by atoms with Gasteiger partial charge in [-0.2, -0.15) is 0 Å². The molecule has 0 aromatic heterocycles. The summed E-state index contributed by atoms with van der Waals surface area (Å²) in [7, 11) is 0. The van der Waals surface area contributed by atoms with E-state index < -0.39 is 12.1 Å². The number of carbonyl (C=O) groups is 2. The molecule has 1 amide bonds. The van der Waals surface area contributed by atoms with Crippen LogP contribution in [0.4, 0.5) is 0 Å². The number of amides is 1. The number of hydrogen-bond acceptors (Lipinski definition) is 4. The summed E-state index contributed by atoms with van der Waals surface area (Å²) in [6, 6.07) is 0. The summed E-state index contributed by atoms with van der Waals surface area (Å²) < 4.78 is 0. The summed E-state index contributed by atoms with van der Waals surface area (Å²) in [4.78, 5) is 23.9. The molecule has 0 aromatic rings. The molecule has 1 atom stereocenters. The van der Waals surface area contributed by atoms with Crippen LogP contribution in [0.25, 0.3) is 0 Å². The van der Waals surface area contributed by atoms with E-state index in [9.17, 15) is 9.59 Å². The Labute approximate surface area is 101 Å². The van der Waals surface area contributed by atoms with Gasteiger partial charge >= 0.3 is 5.97 Å². The van der Waals surface area contributed by atoms with Gasteiger partial charge in [0.2, 0.25) is 5.91 Å². The van der Waals surface area contributed by atoms with Crippen LogP contribution in [0.3, 0.4) is 0 Å². The van der Waals surface area contributed by atoms with Gasteiger partial charge in [-0.3, -0.25) is 4.79 Å². The number of rotatable bonds is 7. The number of nitrogens with zero attached hydrogens (tertiary/aromatic N) is 1. The predicted molar refractivity (Wildman–Crippen MR) is 61.6 cm³/mol. The van der Waals surface area contributed by atoms with Gasteiger partial charge in [-0.15, -0.1) is 0 Å². The first kappa shape index (κ1) is 13.9. The lowest BCUT2D eigenvalue weighted by Crippen LogP contribution is -2.32. The molecule has 1 rings (SSSR count). The van der Waals surface area contributed by atoms with Gasteiger partial charge in [0.25, 0.3) is 0 Å². The van der Waals surface area contributed by atoms with Crippen LogP contribution in [0.5, 0.6) is 0 Å². The molecule has 0 aromatic carbocycles. The van der Waals surface area contributed by atoms with Crippen molar-refractivity contribution in [2.24, 2.45) is 0 Å². The second-order valence-electron chi connectivity index (χ2n) is 4.29. The van der Waals surface area contributed by atoms with Gasteiger partial charge < -0.3 is 20.4 Å². The third-order valence-corrected chi connectivity index (χ3v) is 2.88. The van der Waals surface area contributed by atoms with Crippen LogP contribution in [0.1, 0.15) is 25.7 Å². The van der Waals surface area contributed by atoms with Gasteiger partial charge in [0.1, 0.15) is 0 Å². The summed E-state index contributed by atoms with van der Waals surface area (Å²) >= 11 is 0. The maximum Gasteiger partial charge on any atom is 0.332 e. The molecule has 0 spiro atoms. The monoisotopic (exact) mass is 244 g/mol. The van der Waals surface area contributed by atoms with Crippen LogP contribution in [0.15, 0.2) is 0 Å². The summed E-state index contributed by atoms with van der Waals surface area (Å²) in [5, 5.41) is 20.0. The molecule has 1 aliphatic rings. The highest BCUT2D eigenvalue weighted by molar-refractivity contribution is 5.76. The molecule has 0 bridgehead atoms. The summed E-state index contributed by atoms with van der Waals surface area (Å²) in [5.74, 6) is -1.34. The van der Waals surface area contributed by atoms with E-state index >= 15 is 0 Å². The maximum atomic E-state index is 11.4. The summed E-state index contributed by atoms with van der Waals surface area (Å²) in [6.07, 6.45) is 1.49. The SMILES string of the molecule is O=C(CCN1CCCC1)NCC[C@H](O)C(=O)O. The zero-order valence-electron chi connectivity index (χ0n) is 9.89. The van der Waals surface area contributed by atoms with Crippen molar-refractivity contribution >= 4 is 11.9 Å². The molecule has 1 aliphatic heterocycles. The minimum absolute atomic E-state index is 0.0464. The number of carboxylic acid groups (broad SMARTS) is 1. The summed E-state index contributed by atoms with van der Waals surface area (Å²) in [6.45, 7) is 3.08. The van der Waals surface area contributed by atoms with Gasteiger partial charge in [0.15, 0.2) is 6.10 Å². The molecule has 3 N–H and O–H groups in total. The van der Waals surface area contributed by atoms with Crippen LogP contribution in [0.2, 0.25) is 0 Å². The molecule has 17 heavy (non-hydrogen) atoms. The van der Waals surface area contributed by atoms with Crippen molar-refractivity contribution in [1.82, 2.24) is 10.2 Å². The van der Waals surface area contributed by atoms with Gasteiger partial charge in [-0.25, -0.2) is 4.79 Å². The van der Waals surface area contributed by atoms with Crippen molar-refractivity contribution in [2.45, 2.75) is 31.8 Å². The van der Waals surface area contributed by atoms with E-state index in [0.29, 0.717) is 6.42 Å². The fraction of sp³-hybridized carbons (Fsp3) is 0.818. The Bertz CT molecular complexity index is 264. The Hall–Kier alpha value is -1.14. The number of hydrogen-bond donors (Lipinski definition) is 3. The Morgan fingerprint density at radius 1 is 1.29 bits per heavy atom. The van der Waals surface area contributed by atoms with Crippen LogP contribution in [-0.2, 0) is 9.59 Å². The lowest BCUT2D eigenvalue weighted by molar-refractivity contribution is -0.147. The van der Waals surface area contributed by atoms with Crippen LogP contribution in [-0.4, -0.2) is 59.3 Å². The van der Waals surface area contributed by atoms with Crippen molar-refractivity contribution in [3.63, 3.8) is 0 Å². The van der Waals surface area contributed by atoms with Gasteiger partial charge in [0, 0.05) is 25.9 Å². The Morgan fingerprint density at radius 2 is 1.94 bits per heavy atom. The molecule has 0 saturated carbocycles. The molecule has 6 heteroatoms. The van der Waals surface area contributed by atoms with E-state index in [1.807, 2.05) is 0 Å². The molecule has 0 radical (unpaired) electrons. The van der Waals surface area contributed by atoms with E-state index in [0.717, 1.165) is 19.6 Å². The molecular formula is C11H20N2O4. The van der Waals surface area contributed by atoms with Crippen molar-refractivity contribution in [2.75, 3.05) is 26.2 Å². The van der Waals surface area contributed by atoms with E-state index in [1.165, 1.54) is 12.8 Å². The minimum Gasteiger partial charge on any atom is -0.479 e. The number of aliphatic carboxylic acids is 1. The van der Waals surface area contributed by atoms with Crippen LogP contribution in [0, 0.1) is 0 Å². The molecular weight excluding hydrogens is 224 g/mol. The smallest absolute Gasteiger partial charge is 0.332 e. The third kappa shape index (κ3) is 5.65. The fourth-order valence-electron chi connectivity index (χ4n) is 1.83. The Morgan fingerprint density at radius 3 is 2.53 bits per heavy atom. The standard InChI is InChI=1S/C11H20N2O4/c14-9(11(16)17)3-5-12-10(15)4-8-13-6-1-2-7-13/h9,14H,1-8H2,(H,12,15)(H,16,17)/t9-/m0/s1. The molecule has 1 heterocycles. The highest BCUT2D eigenvalue weighted by Gasteiger charge is 2.14. The van der Waals surface area contributed by atoms with Crippen molar-refractivity contribution in [3.8, 4) is 0 Å². The number of likely N-dealkylation sites (tertiary alicyclic amines) is 1. The first-order valence-electron chi connectivity index (χ1n) is 5.99. The average molecular weight is 244 g/mol. The van der Waals surface area contributed by atoms with E-state index in [1.54, 1.807) is 0 Å². The molecule has 6 nitrogen and oxygen atoms in total. The molecule has 1 saturated heterocycles. The quantitative estimate of drug-likeness (QED) is 0.557. The first-order chi connectivity index (χ1) is 8.09. The Balaban J connectivity index is 2.02. The second-order valence-corrected chi connectivity index (χ2v) is 4.29. The number of carboxylic acids is 1. The number of nitrogens with one attached hydrogen (secondary N) is 1. The molecule has 0 aliphatic carbocycles. The topological polar surface area (TPSA) is 89.9 Å². The van der Waals surface area contributed by atoms with Crippen molar-refractivity contribution in [3.05, 3.63) is 0 Å². The van der Waals surface area contributed by atoms with Gasteiger partial charge in [0.05, 0.1) is 0 Å². The average Bonchev–Trinajstić information content (AvgIpc) is 2.78. The van der Waals surface area contributed by atoms with E-state index in [-0.39, 0.29) is 18.9 Å². The lowest BCUT2D eigenvalue weighted by Gasteiger charge is -2.14. The number of aliphatic hydroxyl groups excluding tert-OH is 1. The zero-order valence-corrected chi connectivity index (χ0v) is 9.89. The van der Waals surface area contributed by atoms with Gasteiger partial charge in [-0.1, -0.05) is 0 Å². The highest BCUT2D eigenvalue weighted by Crippen LogP contribution is 2.07. The fourth-order valence-corrected chi connectivity index (χ4v) is 1.83. The Kier molecular flexibility index (Phi) is 5.93. The normalized spacial score (nSPS) is 17.9. The third-order valence-electron chi connectivity index (χ3n) is 2.88. The van der Waals surface area contributed by atoms with Crippen LogP contribution >= 0.6 is 0 Å². The maximum absolute atomic E-state index is 11.4. The summed E-state index contributed by atoms with van der Waals surface area (Å²) in [5.41, 5.74) is 0. The van der Waals surface area contributed by atoms with Crippen molar-refractivity contribution in [1.29, 1.82) is 0 Å². The van der Waals surface area contributed by atoms with Crippen molar-refractivity contribution < 1.29 is 19.8 Å². The first-order valence-corrected chi connectivity index (χ1v) is 5.99. The second kappa shape index (κ2) is 7.24. The largest absolute Gasteiger partial charge is 0.479 e. The van der Waals surface area contributed by atoms with E-state index in [2.05, 4.69) is 10.2 Å². The highest BCUT2D eigenvalue weighted by atomic mass is 16.4.